The summed E-state index contributed by atoms with van der Waals surface area (Å²) in [4.78, 5) is 44.5. The van der Waals surface area contributed by atoms with Crippen molar-refractivity contribution in [1.82, 2.24) is 20.5 Å². The molecule has 2 aromatic carbocycles. The molecule has 2 aliphatic rings. The summed E-state index contributed by atoms with van der Waals surface area (Å²) in [6.45, 7) is 1.60. The molecule has 0 bridgehead atoms. The quantitative estimate of drug-likeness (QED) is 0.431. The number of nitrogens with zero attached hydrogens (tertiary/aromatic N) is 2. The smallest absolute Gasteiger partial charge is 0.270 e. The van der Waals surface area contributed by atoms with E-state index in [-0.39, 0.29) is 37.2 Å². The van der Waals surface area contributed by atoms with Gasteiger partial charge in [-0.1, -0.05) is 43.2 Å². The Morgan fingerprint density at radius 1 is 1.10 bits per heavy atom. The van der Waals surface area contributed by atoms with Gasteiger partial charge in [-0.15, -0.1) is 0 Å². The number of hydrogen-bond acceptors (Lipinski definition) is 5. The second-order valence-electron chi connectivity index (χ2n) is 10.5. The third kappa shape index (κ3) is 5.93. The van der Waals surface area contributed by atoms with Crippen molar-refractivity contribution in [3.63, 3.8) is 0 Å². The van der Waals surface area contributed by atoms with E-state index in [1.54, 1.807) is 6.07 Å². The van der Waals surface area contributed by atoms with Gasteiger partial charge in [-0.25, -0.2) is 9.37 Å². The van der Waals surface area contributed by atoms with Crippen molar-refractivity contribution < 1.29 is 23.9 Å². The molecular weight excluding hydrogens is 499 g/mol. The van der Waals surface area contributed by atoms with Gasteiger partial charge in [-0.2, -0.15) is 0 Å². The zero-order valence-electron chi connectivity index (χ0n) is 21.9. The van der Waals surface area contributed by atoms with Crippen molar-refractivity contribution in [3.8, 4) is 0 Å². The average molecular weight is 533 g/mol. The van der Waals surface area contributed by atoms with Gasteiger partial charge < -0.3 is 20.6 Å². The molecule has 204 valence electrons. The molecule has 2 heterocycles. The fourth-order valence-electron chi connectivity index (χ4n) is 5.81. The fraction of sp³-hybridized carbons (Fsp3) is 0.400. The first kappa shape index (κ1) is 26.7. The van der Waals surface area contributed by atoms with Crippen molar-refractivity contribution in [1.29, 1.82) is 0 Å². The number of rotatable bonds is 7. The van der Waals surface area contributed by atoms with Crippen molar-refractivity contribution >= 4 is 28.6 Å². The number of carbonyl (C=O) groups excluding carboxylic acids is 3. The molecule has 0 spiro atoms. The summed E-state index contributed by atoms with van der Waals surface area (Å²) in [7, 11) is 0. The minimum atomic E-state index is -0.834. The van der Waals surface area contributed by atoms with Gasteiger partial charge in [0.25, 0.3) is 5.91 Å². The van der Waals surface area contributed by atoms with E-state index < -0.39 is 29.8 Å². The molecule has 1 aromatic heterocycles. The highest BCUT2D eigenvalue weighted by atomic mass is 19.1. The second kappa shape index (κ2) is 11.5. The number of hydrogen-bond donors (Lipinski definition) is 3. The number of halogens is 1. The maximum absolute atomic E-state index is 13.4. The van der Waals surface area contributed by atoms with E-state index in [4.69, 9.17) is 0 Å². The number of fused-ring (bicyclic) bond motifs is 1. The van der Waals surface area contributed by atoms with Crippen LogP contribution in [-0.4, -0.2) is 57.9 Å². The maximum Gasteiger partial charge on any atom is 0.270 e. The van der Waals surface area contributed by atoms with Gasteiger partial charge in [0.2, 0.25) is 11.8 Å². The molecule has 3 amide bonds. The van der Waals surface area contributed by atoms with Crippen LogP contribution >= 0.6 is 0 Å². The lowest BCUT2D eigenvalue weighted by atomic mass is 9.90. The van der Waals surface area contributed by atoms with Gasteiger partial charge in [0.15, 0.2) is 0 Å². The van der Waals surface area contributed by atoms with E-state index in [2.05, 4.69) is 21.7 Å². The van der Waals surface area contributed by atoms with Gasteiger partial charge in [-0.3, -0.25) is 14.4 Å². The van der Waals surface area contributed by atoms with Gasteiger partial charge in [0.05, 0.1) is 24.2 Å². The normalized spacial score (nSPS) is 20.2. The summed E-state index contributed by atoms with van der Waals surface area (Å²) >= 11 is 0. The van der Waals surface area contributed by atoms with Gasteiger partial charge in [0.1, 0.15) is 17.6 Å². The minimum absolute atomic E-state index is 0.0135. The Balaban J connectivity index is 1.21. The molecule has 3 aromatic rings. The Hall–Kier alpha value is -3.85. The van der Waals surface area contributed by atoms with Crippen molar-refractivity contribution in [2.45, 2.75) is 63.1 Å². The van der Waals surface area contributed by atoms with Crippen LogP contribution in [0.2, 0.25) is 0 Å². The maximum atomic E-state index is 13.4. The van der Waals surface area contributed by atoms with E-state index in [1.165, 1.54) is 47.6 Å². The van der Waals surface area contributed by atoms with E-state index in [9.17, 15) is 23.9 Å². The van der Waals surface area contributed by atoms with Crippen LogP contribution in [0, 0.1) is 5.82 Å². The molecule has 9 heteroatoms. The first-order valence-electron chi connectivity index (χ1n) is 13.5. The van der Waals surface area contributed by atoms with Crippen LogP contribution in [-0.2, 0) is 9.59 Å². The lowest BCUT2D eigenvalue weighted by Gasteiger charge is -2.27. The summed E-state index contributed by atoms with van der Waals surface area (Å²) in [6, 6.07) is 14.2. The number of benzene rings is 2. The largest absolute Gasteiger partial charge is 0.391 e. The standard InChI is InChI=1S/C30H33FN4O4/c1-18(23-8-4-5-9-24(23)19-6-2-3-7-19)33-30(39)27-15-22(36)17-35(27)28(37)16-32-29(38)26-12-10-20-14-21(31)11-13-25(20)34-26/h4-5,8-14,18-19,22,27,36H,2-3,6-7,15-17H2,1H3,(H,32,38)(H,33,39)/t18-,22+,27-/m0/s1. The first-order valence-corrected chi connectivity index (χ1v) is 13.5. The van der Waals surface area contributed by atoms with Crippen LogP contribution < -0.4 is 10.6 Å². The molecule has 1 aliphatic heterocycles. The molecule has 3 atom stereocenters. The molecule has 1 saturated carbocycles. The molecule has 1 aliphatic carbocycles. The highest BCUT2D eigenvalue weighted by Gasteiger charge is 2.39. The average Bonchev–Trinajstić information content (AvgIpc) is 3.61. The highest BCUT2D eigenvalue weighted by molar-refractivity contribution is 5.97. The number of β-amino-alcohol motifs (C(OH)–C–C–N with tert-alkyl or cyclic N) is 1. The summed E-state index contributed by atoms with van der Waals surface area (Å²) < 4.78 is 13.4. The molecule has 5 rings (SSSR count). The van der Waals surface area contributed by atoms with E-state index >= 15 is 0 Å². The van der Waals surface area contributed by atoms with Crippen LogP contribution in [0.4, 0.5) is 4.39 Å². The third-order valence-electron chi connectivity index (χ3n) is 7.80. The highest BCUT2D eigenvalue weighted by Crippen LogP contribution is 2.37. The predicted octanol–water partition coefficient (Wildman–Crippen LogP) is 3.60. The predicted molar refractivity (Wildman–Crippen MR) is 144 cm³/mol. The van der Waals surface area contributed by atoms with Crippen LogP contribution in [0.3, 0.4) is 0 Å². The SMILES string of the molecule is C[C@H](NC(=O)[C@@H]1C[C@@H](O)CN1C(=O)CNC(=O)c1ccc2cc(F)ccc2n1)c1ccccc1C1CCCC1. The summed E-state index contributed by atoms with van der Waals surface area (Å²) in [5.41, 5.74) is 2.88. The number of aromatic nitrogens is 1. The summed E-state index contributed by atoms with van der Waals surface area (Å²) in [5.74, 6) is -1.27. The lowest BCUT2D eigenvalue weighted by molar-refractivity contribution is -0.138. The van der Waals surface area contributed by atoms with E-state index in [0.717, 1.165) is 18.4 Å². The Morgan fingerprint density at radius 3 is 2.67 bits per heavy atom. The van der Waals surface area contributed by atoms with Gasteiger partial charge in [0, 0.05) is 18.4 Å². The Kier molecular flexibility index (Phi) is 7.88. The minimum Gasteiger partial charge on any atom is -0.391 e. The molecule has 3 N–H and O–H groups in total. The fourth-order valence-corrected chi connectivity index (χ4v) is 5.81. The topological polar surface area (TPSA) is 112 Å². The van der Waals surface area contributed by atoms with Crippen molar-refractivity contribution in [2.75, 3.05) is 13.1 Å². The van der Waals surface area contributed by atoms with Crippen molar-refractivity contribution in [2.24, 2.45) is 0 Å². The van der Waals surface area contributed by atoms with Gasteiger partial charge in [-0.05, 0) is 61.1 Å². The van der Waals surface area contributed by atoms with Crippen LogP contribution in [0.25, 0.3) is 10.9 Å². The Bertz CT molecular complexity index is 1390. The molecule has 0 unspecified atom stereocenters. The first-order chi connectivity index (χ1) is 18.8. The second-order valence-corrected chi connectivity index (χ2v) is 10.5. The molecular formula is C30H33FN4O4. The number of nitrogens with one attached hydrogen (secondary N) is 2. The Labute approximate surface area is 226 Å². The molecule has 2 fully saturated rings. The number of aliphatic hydroxyl groups excluding tert-OH is 1. The molecule has 39 heavy (non-hydrogen) atoms. The van der Waals surface area contributed by atoms with E-state index in [0.29, 0.717) is 16.8 Å². The van der Waals surface area contributed by atoms with Crippen molar-refractivity contribution in [3.05, 3.63) is 77.2 Å². The third-order valence-corrected chi connectivity index (χ3v) is 7.80. The van der Waals surface area contributed by atoms with Crippen LogP contribution in [0.15, 0.2) is 54.6 Å². The van der Waals surface area contributed by atoms with Crippen LogP contribution in [0.5, 0.6) is 0 Å². The summed E-state index contributed by atoms with van der Waals surface area (Å²) in [5, 5.41) is 16.4. The molecule has 0 radical (unpaired) electrons. The zero-order valence-corrected chi connectivity index (χ0v) is 21.9. The van der Waals surface area contributed by atoms with Gasteiger partial charge >= 0.3 is 0 Å². The lowest BCUT2D eigenvalue weighted by Crippen LogP contribution is -2.49. The number of pyridine rings is 1. The molecule has 1 saturated heterocycles. The number of amides is 3. The molecule has 8 nitrogen and oxygen atoms in total. The Morgan fingerprint density at radius 2 is 1.87 bits per heavy atom. The monoisotopic (exact) mass is 532 g/mol. The number of aliphatic hydroxyl groups is 1. The van der Waals surface area contributed by atoms with Crippen LogP contribution in [0.1, 0.15) is 72.6 Å². The van der Waals surface area contributed by atoms with E-state index in [1.807, 2.05) is 25.1 Å². The zero-order chi connectivity index (χ0) is 27.5. The number of carbonyl (C=O) groups is 3. The summed E-state index contributed by atoms with van der Waals surface area (Å²) in [6.07, 6.45) is 4.02. The number of likely N-dealkylation sites (tertiary alicyclic amines) is 1.